The lowest BCUT2D eigenvalue weighted by Crippen LogP contribution is -2.16. The highest BCUT2D eigenvalue weighted by molar-refractivity contribution is 7.92. The van der Waals surface area contributed by atoms with Crippen LogP contribution in [0, 0.1) is 12.7 Å². The minimum Gasteiger partial charge on any atom is -0.495 e. The fraction of sp³-hybridized carbons (Fsp3) is 0.0952. The Morgan fingerprint density at radius 2 is 1.69 bits per heavy atom. The molecule has 6 nitrogen and oxygen atoms in total. The summed E-state index contributed by atoms with van der Waals surface area (Å²) in [4.78, 5) is 12.3. The van der Waals surface area contributed by atoms with E-state index in [0.717, 1.165) is 0 Å². The minimum atomic E-state index is -3.94. The second-order valence-corrected chi connectivity index (χ2v) is 7.90. The fourth-order valence-electron chi connectivity index (χ4n) is 2.70. The molecule has 2 N–H and O–H groups in total. The minimum absolute atomic E-state index is 0.0142. The summed E-state index contributed by atoms with van der Waals surface area (Å²) in [6.07, 6.45) is 0. The molecule has 3 aromatic carbocycles. The zero-order valence-electron chi connectivity index (χ0n) is 15.8. The van der Waals surface area contributed by atoms with Crippen LogP contribution in [0.2, 0.25) is 0 Å². The molecule has 1 amide bonds. The number of nitrogens with one attached hydrogen (secondary N) is 2. The first-order chi connectivity index (χ1) is 13.8. The molecular weight excluding hydrogens is 395 g/mol. The summed E-state index contributed by atoms with van der Waals surface area (Å²) in [6.45, 7) is 1.66. The lowest BCUT2D eigenvalue weighted by Gasteiger charge is -2.14. The molecule has 29 heavy (non-hydrogen) atoms. The van der Waals surface area contributed by atoms with Crippen molar-refractivity contribution in [3.63, 3.8) is 0 Å². The van der Waals surface area contributed by atoms with Gasteiger partial charge in [-0.25, -0.2) is 12.8 Å². The van der Waals surface area contributed by atoms with Crippen molar-refractivity contribution in [3.05, 3.63) is 83.7 Å². The SMILES string of the molecule is COc1ccccc1NS(=O)(=O)c1cc(NC(=O)c2ccc(F)cc2)ccc1C. The zero-order chi connectivity index (χ0) is 21.0. The van der Waals surface area contributed by atoms with Gasteiger partial charge in [-0.2, -0.15) is 0 Å². The molecule has 0 aliphatic carbocycles. The third-order valence-electron chi connectivity index (χ3n) is 4.19. The Morgan fingerprint density at radius 3 is 2.38 bits per heavy atom. The van der Waals surface area contributed by atoms with Crippen molar-refractivity contribution in [2.24, 2.45) is 0 Å². The molecule has 0 aromatic heterocycles. The number of amides is 1. The van der Waals surface area contributed by atoms with E-state index < -0.39 is 21.7 Å². The van der Waals surface area contributed by atoms with Crippen molar-refractivity contribution >= 4 is 27.3 Å². The second kappa shape index (κ2) is 8.32. The van der Waals surface area contributed by atoms with Gasteiger partial charge in [-0.3, -0.25) is 9.52 Å². The number of aryl methyl sites for hydroxylation is 1. The number of sulfonamides is 1. The first-order valence-corrected chi connectivity index (χ1v) is 10.1. The molecule has 3 aromatic rings. The Labute approximate surface area is 168 Å². The van der Waals surface area contributed by atoms with Crippen LogP contribution >= 0.6 is 0 Å². The van der Waals surface area contributed by atoms with Gasteiger partial charge in [-0.15, -0.1) is 0 Å². The number of carbonyl (C=O) groups is 1. The molecule has 0 radical (unpaired) electrons. The molecule has 0 atom stereocenters. The van der Waals surface area contributed by atoms with E-state index in [0.29, 0.717) is 22.7 Å². The third-order valence-corrected chi connectivity index (χ3v) is 5.70. The molecular formula is C21H19FN2O4S. The van der Waals surface area contributed by atoms with E-state index in [4.69, 9.17) is 4.74 Å². The fourth-order valence-corrected chi connectivity index (χ4v) is 4.04. The number of halogens is 1. The van der Waals surface area contributed by atoms with Gasteiger partial charge < -0.3 is 10.1 Å². The number of rotatable bonds is 6. The van der Waals surface area contributed by atoms with Crippen LogP contribution in [0.1, 0.15) is 15.9 Å². The second-order valence-electron chi connectivity index (χ2n) is 6.25. The molecule has 0 aliphatic rings. The van der Waals surface area contributed by atoms with E-state index >= 15 is 0 Å². The van der Waals surface area contributed by atoms with Crippen LogP contribution < -0.4 is 14.8 Å². The molecule has 0 fully saturated rings. The molecule has 0 saturated heterocycles. The van der Waals surface area contributed by atoms with Crippen molar-refractivity contribution in [1.82, 2.24) is 0 Å². The summed E-state index contributed by atoms with van der Waals surface area (Å²) in [7, 11) is -2.49. The predicted molar refractivity (Wildman–Crippen MR) is 109 cm³/mol. The van der Waals surface area contributed by atoms with Crippen molar-refractivity contribution in [2.75, 3.05) is 17.1 Å². The maximum absolute atomic E-state index is 13.0. The molecule has 0 bridgehead atoms. The first kappa shape index (κ1) is 20.3. The summed E-state index contributed by atoms with van der Waals surface area (Å²) in [5.41, 5.74) is 1.36. The van der Waals surface area contributed by atoms with Crippen molar-refractivity contribution < 1.29 is 22.3 Å². The Hall–Kier alpha value is -3.39. The summed E-state index contributed by atoms with van der Waals surface area (Å²) in [5, 5.41) is 2.63. The molecule has 0 saturated carbocycles. The van der Waals surface area contributed by atoms with Crippen LogP contribution in [0.15, 0.2) is 71.6 Å². The predicted octanol–water partition coefficient (Wildman–Crippen LogP) is 4.20. The highest BCUT2D eigenvalue weighted by Gasteiger charge is 2.20. The highest BCUT2D eigenvalue weighted by Crippen LogP contribution is 2.28. The average Bonchev–Trinajstić information content (AvgIpc) is 2.70. The smallest absolute Gasteiger partial charge is 0.262 e. The van der Waals surface area contributed by atoms with Gasteiger partial charge in [0, 0.05) is 11.3 Å². The Balaban J connectivity index is 1.88. The monoisotopic (exact) mass is 414 g/mol. The van der Waals surface area contributed by atoms with Crippen molar-refractivity contribution in [2.45, 2.75) is 11.8 Å². The summed E-state index contributed by atoms with van der Waals surface area (Å²) >= 11 is 0. The van der Waals surface area contributed by atoms with Crippen LogP contribution in [-0.2, 0) is 10.0 Å². The van der Waals surface area contributed by atoms with Crippen LogP contribution in [0.25, 0.3) is 0 Å². The lowest BCUT2D eigenvalue weighted by atomic mass is 10.2. The average molecular weight is 414 g/mol. The molecule has 0 heterocycles. The summed E-state index contributed by atoms with van der Waals surface area (Å²) in [6, 6.07) is 16.3. The maximum atomic E-state index is 13.0. The van der Waals surface area contributed by atoms with E-state index in [1.54, 1.807) is 43.3 Å². The van der Waals surface area contributed by atoms with Crippen LogP contribution in [0.3, 0.4) is 0 Å². The van der Waals surface area contributed by atoms with Gasteiger partial charge in [0.2, 0.25) is 0 Å². The van der Waals surface area contributed by atoms with Crippen LogP contribution in [-0.4, -0.2) is 21.4 Å². The number of hydrogen-bond acceptors (Lipinski definition) is 4. The van der Waals surface area contributed by atoms with Gasteiger partial charge in [-0.05, 0) is 61.0 Å². The van der Waals surface area contributed by atoms with E-state index in [1.165, 1.54) is 37.4 Å². The first-order valence-electron chi connectivity index (χ1n) is 8.63. The normalized spacial score (nSPS) is 11.0. The zero-order valence-corrected chi connectivity index (χ0v) is 16.6. The molecule has 0 unspecified atom stereocenters. The Kier molecular flexibility index (Phi) is 5.84. The van der Waals surface area contributed by atoms with Gasteiger partial charge in [0.1, 0.15) is 11.6 Å². The number of methoxy groups -OCH3 is 1. The summed E-state index contributed by atoms with van der Waals surface area (Å²) < 4.78 is 46.5. The van der Waals surface area contributed by atoms with Crippen LogP contribution in [0.5, 0.6) is 5.75 Å². The van der Waals surface area contributed by atoms with E-state index in [1.807, 2.05) is 0 Å². The number of hydrogen-bond donors (Lipinski definition) is 2. The van der Waals surface area contributed by atoms with E-state index in [9.17, 15) is 17.6 Å². The number of ether oxygens (including phenoxy) is 1. The third kappa shape index (κ3) is 4.72. The Bertz CT molecular complexity index is 1150. The van der Waals surface area contributed by atoms with Gasteiger partial charge >= 0.3 is 0 Å². The standard InChI is InChI=1S/C21H19FN2O4S/c1-14-7-12-17(23-21(25)15-8-10-16(22)11-9-15)13-20(14)29(26,27)24-18-5-3-4-6-19(18)28-2/h3-13,24H,1-2H3,(H,23,25). The van der Waals surface area contributed by atoms with Crippen molar-refractivity contribution in [3.8, 4) is 5.75 Å². The Morgan fingerprint density at radius 1 is 1.00 bits per heavy atom. The summed E-state index contributed by atoms with van der Waals surface area (Å²) in [5.74, 6) is -0.544. The van der Waals surface area contributed by atoms with Gasteiger partial charge in [0.05, 0.1) is 17.7 Å². The quantitative estimate of drug-likeness (QED) is 0.633. The number of benzene rings is 3. The topological polar surface area (TPSA) is 84.5 Å². The van der Waals surface area contributed by atoms with Gasteiger partial charge in [-0.1, -0.05) is 18.2 Å². The largest absolute Gasteiger partial charge is 0.495 e. The maximum Gasteiger partial charge on any atom is 0.262 e. The molecule has 3 rings (SSSR count). The molecule has 8 heteroatoms. The molecule has 0 spiro atoms. The van der Waals surface area contributed by atoms with E-state index in [2.05, 4.69) is 10.0 Å². The molecule has 150 valence electrons. The highest BCUT2D eigenvalue weighted by atomic mass is 32.2. The van der Waals surface area contributed by atoms with Gasteiger partial charge in [0.25, 0.3) is 15.9 Å². The van der Waals surface area contributed by atoms with Crippen LogP contribution in [0.4, 0.5) is 15.8 Å². The number of carbonyl (C=O) groups excluding carboxylic acids is 1. The lowest BCUT2D eigenvalue weighted by molar-refractivity contribution is 0.102. The number of para-hydroxylation sites is 2. The number of anilines is 2. The van der Waals surface area contributed by atoms with E-state index in [-0.39, 0.29) is 10.5 Å². The van der Waals surface area contributed by atoms with Crippen molar-refractivity contribution in [1.29, 1.82) is 0 Å². The van der Waals surface area contributed by atoms with Gasteiger partial charge in [0.15, 0.2) is 0 Å². The molecule has 0 aliphatic heterocycles.